The number of nitrogens with zero attached hydrogens (tertiary/aromatic N) is 1. The van der Waals surface area contributed by atoms with Gasteiger partial charge in [0, 0.05) is 26.5 Å². The fourth-order valence-electron chi connectivity index (χ4n) is 2.58. The smallest absolute Gasteiger partial charge is 0.311 e. The van der Waals surface area contributed by atoms with Crippen molar-refractivity contribution in [1.29, 1.82) is 0 Å². The normalized spacial score (nSPS) is 10.4. The van der Waals surface area contributed by atoms with Crippen LogP contribution in [0.25, 0.3) is 0 Å². The number of nitrogens with one attached hydrogen (secondary N) is 2. The van der Waals surface area contributed by atoms with Crippen molar-refractivity contribution in [3.8, 4) is 0 Å². The second kappa shape index (κ2) is 11.7. The standard InChI is InChI=1S/C22H20ClN3O4S2/c1-2-30-20(28)11-17-12-32-22(25-17)26-19(27)13-31-18-8-6-16(7-9-18)24-21(29)14-4-3-5-15(23)10-14/h3-10,12H,2,11,13H2,1H3,(H,24,29)(H,25,26,27). The quantitative estimate of drug-likeness (QED) is 0.328. The summed E-state index contributed by atoms with van der Waals surface area (Å²) in [6.07, 6.45) is 0.0785. The molecule has 0 saturated carbocycles. The Kier molecular flexibility index (Phi) is 8.66. The van der Waals surface area contributed by atoms with Gasteiger partial charge in [-0.2, -0.15) is 0 Å². The van der Waals surface area contributed by atoms with Crippen molar-refractivity contribution in [2.45, 2.75) is 18.2 Å². The average Bonchev–Trinajstić information content (AvgIpc) is 3.19. The number of benzene rings is 2. The van der Waals surface area contributed by atoms with E-state index in [1.807, 2.05) is 12.1 Å². The van der Waals surface area contributed by atoms with Gasteiger partial charge in [-0.15, -0.1) is 23.1 Å². The third-order valence-electron chi connectivity index (χ3n) is 4.00. The zero-order valence-electron chi connectivity index (χ0n) is 17.1. The van der Waals surface area contributed by atoms with Crippen LogP contribution in [-0.2, 0) is 20.7 Å². The van der Waals surface area contributed by atoms with Gasteiger partial charge in [-0.25, -0.2) is 4.98 Å². The maximum Gasteiger partial charge on any atom is 0.311 e. The Morgan fingerprint density at radius 1 is 1.12 bits per heavy atom. The molecule has 0 aliphatic rings. The molecule has 0 atom stereocenters. The molecule has 2 aromatic carbocycles. The number of hydrogen-bond acceptors (Lipinski definition) is 7. The van der Waals surface area contributed by atoms with Gasteiger partial charge in [0.15, 0.2) is 5.13 Å². The molecule has 0 saturated heterocycles. The van der Waals surface area contributed by atoms with Crippen LogP contribution in [0.1, 0.15) is 23.0 Å². The van der Waals surface area contributed by atoms with E-state index in [1.165, 1.54) is 23.1 Å². The van der Waals surface area contributed by atoms with E-state index in [0.29, 0.717) is 33.7 Å². The van der Waals surface area contributed by atoms with Crippen molar-refractivity contribution < 1.29 is 19.1 Å². The molecule has 166 valence electrons. The highest BCUT2D eigenvalue weighted by molar-refractivity contribution is 8.00. The number of esters is 1. The number of aromatic nitrogens is 1. The molecule has 32 heavy (non-hydrogen) atoms. The van der Waals surface area contributed by atoms with E-state index in [2.05, 4.69) is 15.6 Å². The zero-order valence-corrected chi connectivity index (χ0v) is 19.5. The lowest BCUT2D eigenvalue weighted by atomic mass is 10.2. The topological polar surface area (TPSA) is 97.4 Å². The number of amides is 2. The van der Waals surface area contributed by atoms with Crippen LogP contribution >= 0.6 is 34.7 Å². The third kappa shape index (κ3) is 7.37. The van der Waals surface area contributed by atoms with Gasteiger partial charge >= 0.3 is 5.97 Å². The second-order valence-corrected chi connectivity index (χ2v) is 8.79. The van der Waals surface area contributed by atoms with E-state index in [1.54, 1.807) is 48.7 Å². The van der Waals surface area contributed by atoms with Gasteiger partial charge in [0.25, 0.3) is 5.91 Å². The van der Waals surface area contributed by atoms with Crippen LogP contribution in [-0.4, -0.2) is 35.1 Å². The molecule has 0 aliphatic heterocycles. The predicted molar refractivity (Wildman–Crippen MR) is 128 cm³/mol. The summed E-state index contributed by atoms with van der Waals surface area (Å²) in [5.74, 6) is -0.608. The van der Waals surface area contributed by atoms with Gasteiger partial charge in [0.05, 0.1) is 24.5 Å². The van der Waals surface area contributed by atoms with Crippen LogP contribution < -0.4 is 10.6 Å². The van der Waals surface area contributed by atoms with E-state index >= 15 is 0 Å². The summed E-state index contributed by atoms with van der Waals surface area (Å²) >= 11 is 8.54. The maximum atomic E-state index is 12.3. The number of ether oxygens (including phenoxy) is 1. The zero-order chi connectivity index (χ0) is 22.9. The number of anilines is 2. The Bertz CT molecular complexity index is 1100. The first-order valence-corrected chi connectivity index (χ1v) is 11.9. The van der Waals surface area contributed by atoms with Gasteiger partial charge < -0.3 is 15.4 Å². The summed E-state index contributed by atoms with van der Waals surface area (Å²) in [5, 5.41) is 8.19. The molecule has 3 aromatic rings. The average molecular weight is 490 g/mol. The number of carbonyl (C=O) groups excluding carboxylic acids is 3. The molecule has 2 amide bonds. The fourth-order valence-corrected chi connectivity index (χ4v) is 4.19. The van der Waals surface area contributed by atoms with Crippen LogP contribution in [0.15, 0.2) is 58.8 Å². The first-order valence-electron chi connectivity index (χ1n) is 9.62. The van der Waals surface area contributed by atoms with Crippen molar-refractivity contribution in [1.82, 2.24) is 4.98 Å². The molecule has 0 bridgehead atoms. The van der Waals surface area contributed by atoms with E-state index in [0.717, 1.165) is 4.90 Å². The lowest BCUT2D eigenvalue weighted by molar-refractivity contribution is -0.142. The Balaban J connectivity index is 1.45. The summed E-state index contributed by atoms with van der Waals surface area (Å²) in [5.41, 5.74) is 1.67. The molecule has 7 nitrogen and oxygen atoms in total. The number of halogens is 1. The number of carbonyl (C=O) groups is 3. The fraction of sp³-hybridized carbons (Fsp3) is 0.182. The molecule has 0 spiro atoms. The minimum atomic E-state index is -0.349. The SMILES string of the molecule is CCOC(=O)Cc1csc(NC(=O)CSc2ccc(NC(=O)c3cccc(Cl)c3)cc2)n1. The first-order chi connectivity index (χ1) is 15.4. The number of rotatable bonds is 9. The van der Waals surface area contributed by atoms with E-state index in [9.17, 15) is 14.4 Å². The molecular weight excluding hydrogens is 470 g/mol. The van der Waals surface area contributed by atoms with Crippen LogP contribution in [0.4, 0.5) is 10.8 Å². The summed E-state index contributed by atoms with van der Waals surface area (Å²) in [4.78, 5) is 41.1. The number of thioether (sulfide) groups is 1. The minimum absolute atomic E-state index is 0.0785. The predicted octanol–water partition coefficient (Wildman–Crippen LogP) is 4.89. The highest BCUT2D eigenvalue weighted by atomic mass is 35.5. The maximum absolute atomic E-state index is 12.3. The van der Waals surface area contributed by atoms with Crippen LogP contribution in [0.2, 0.25) is 5.02 Å². The summed E-state index contributed by atoms with van der Waals surface area (Å²) in [6, 6.07) is 13.9. The Hall–Kier alpha value is -2.88. The minimum Gasteiger partial charge on any atom is -0.466 e. The van der Waals surface area contributed by atoms with Gasteiger partial charge in [0.2, 0.25) is 5.91 Å². The van der Waals surface area contributed by atoms with Crippen molar-refractivity contribution in [2.24, 2.45) is 0 Å². The lowest BCUT2D eigenvalue weighted by Gasteiger charge is -2.07. The Morgan fingerprint density at radius 2 is 1.91 bits per heavy atom. The van der Waals surface area contributed by atoms with Crippen LogP contribution in [0.3, 0.4) is 0 Å². The molecule has 2 N–H and O–H groups in total. The highest BCUT2D eigenvalue weighted by Crippen LogP contribution is 2.22. The first kappa shape index (κ1) is 23.8. The van der Waals surface area contributed by atoms with Gasteiger partial charge in [0.1, 0.15) is 0 Å². The lowest BCUT2D eigenvalue weighted by Crippen LogP contribution is -2.14. The molecular formula is C22H20ClN3O4S2. The van der Waals surface area contributed by atoms with E-state index in [-0.39, 0.29) is 30.0 Å². The Labute approximate surface area is 198 Å². The van der Waals surface area contributed by atoms with Crippen LogP contribution in [0, 0.1) is 0 Å². The molecule has 1 aromatic heterocycles. The summed E-state index contributed by atoms with van der Waals surface area (Å²) < 4.78 is 4.89. The monoisotopic (exact) mass is 489 g/mol. The summed E-state index contributed by atoms with van der Waals surface area (Å²) in [6.45, 7) is 2.06. The molecule has 1 heterocycles. The molecule has 3 rings (SSSR count). The summed E-state index contributed by atoms with van der Waals surface area (Å²) in [7, 11) is 0. The molecule has 0 radical (unpaired) electrons. The number of hydrogen-bond donors (Lipinski definition) is 2. The Morgan fingerprint density at radius 3 is 2.62 bits per heavy atom. The third-order valence-corrected chi connectivity index (χ3v) is 6.05. The molecule has 0 fully saturated rings. The van der Waals surface area contributed by atoms with Crippen molar-refractivity contribution in [3.63, 3.8) is 0 Å². The van der Waals surface area contributed by atoms with Crippen molar-refractivity contribution in [2.75, 3.05) is 23.0 Å². The number of thiazole rings is 1. The van der Waals surface area contributed by atoms with Gasteiger partial charge in [-0.1, -0.05) is 17.7 Å². The van der Waals surface area contributed by atoms with Crippen molar-refractivity contribution >= 4 is 63.3 Å². The molecule has 0 aliphatic carbocycles. The van der Waals surface area contributed by atoms with E-state index in [4.69, 9.17) is 16.3 Å². The molecule has 0 unspecified atom stereocenters. The largest absolute Gasteiger partial charge is 0.466 e. The van der Waals surface area contributed by atoms with Crippen molar-refractivity contribution in [3.05, 3.63) is 70.2 Å². The highest BCUT2D eigenvalue weighted by Gasteiger charge is 2.11. The van der Waals surface area contributed by atoms with E-state index < -0.39 is 0 Å². The van der Waals surface area contributed by atoms with Crippen LogP contribution in [0.5, 0.6) is 0 Å². The van der Waals surface area contributed by atoms with Gasteiger partial charge in [-0.3, -0.25) is 14.4 Å². The second-order valence-electron chi connectivity index (χ2n) is 6.45. The van der Waals surface area contributed by atoms with Gasteiger partial charge in [-0.05, 0) is 49.4 Å². The molecule has 10 heteroatoms.